The summed E-state index contributed by atoms with van der Waals surface area (Å²) in [5, 5.41) is 4.12. The van der Waals surface area contributed by atoms with Gasteiger partial charge in [-0.05, 0) is 38.1 Å². The molecule has 6 heteroatoms. The van der Waals surface area contributed by atoms with Crippen molar-refractivity contribution in [3.63, 3.8) is 0 Å². The van der Waals surface area contributed by atoms with E-state index in [9.17, 15) is 9.59 Å². The Hall–Kier alpha value is -2.63. The van der Waals surface area contributed by atoms with Crippen LogP contribution in [-0.2, 0) is 4.74 Å². The van der Waals surface area contributed by atoms with Crippen LogP contribution in [0.5, 0.6) is 5.75 Å². The van der Waals surface area contributed by atoms with Crippen LogP contribution >= 0.6 is 0 Å². The molecule has 110 valence electrons. The Kier molecular flexibility index (Phi) is 4.71. The summed E-state index contributed by atoms with van der Waals surface area (Å²) in [6, 6.07) is 7.18. The zero-order chi connectivity index (χ0) is 15.2. The van der Waals surface area contributed by atoms with Crippen LogP contribution < -0.4 is 4.74 Å². The van der Waals surface area contributed by atoms with E-state index in [-0.39, 0.29) is 17.9 Å². The number of rotatable bonds is 6. The van der Waals surface area contributed by atoms with Crippen LogP contribution in [0.4, 0.5) is 0 Å². The van der Waals surface area contributed by atoms with Crippen LogP contribution in [0.15, 0.2) is 30.5 Å². The highest BCUT2D eigenvalue weighted by molar-refractivity contribution is 5.96. The number of aldehydes is 1. The van der Waals surface area contributed by atoms with Crippen LogP contribution in [0, 0.1) is 0 Å². The van der Waals surface area contributed by atoms with Gasteiger partial charge in [-0.3, -0.25) is 4.79 Å². The average molecular weight is 288 g/mol. The summed E-state index contributed by atoms with van der Waals surface area (Å²) in [6.45, 7) is 4.42. The van der Waals surface area contributed by atoms with E-state index in [2.05, 4.69) is 5.10 Å². The molecule has 0 fully saturated rings. The smallest absolute Gasteiger partial charge is 0.359 e. The Labute approximate surface area is 122 Å². The number of ether oxygens (including phenoxy) is 2. The lowest BCUT2D eigenvalue weighted by Crippen LogP contribution is -2.08. The second-order valence-corrected chi connectivity index (χ2v) is 4.14. The average Bonchev–Trinajstić information content (AvgIpc) is 2.93. The van der Waals surface area contributed by atoms with Gasteiger partial charge in [0.05, 0.1) is 24.5 Å². The normalized spacial score (nSPS) is 10.2. The molecule has 0 aliphatic heterocycles. The minimum atomic E-state index is -0.607. The molecule has 0 saturated carbocycles. The van der Waals surface area contributed by atoms with Gasteiger partial charge in [-0.1, -0.05) is 0 Å². The molecule has 2 aromatic rings. The van der Waals surface area contributed by atoms with E-state index in [1.807, 2.05) is 6.92 Å². The largest absolute Gasteiger partial charge is 0.494 e. The summed E-state index contributed by atoms with van der Waals surface area (Å²) in [5.74, 6) is 0.138. The third-order valence-electron chi connectivity index (χ3n) is 2.75. The van der Waals surface area contributed by atoms with Gasteiger partial charge in [0.2, 0.25) is 0 Å². The highest BCUT2D eigenvalue weighted by Gasteiger charge is 2.18. The number of benzene rings is 1. The molecule has 0 aliphatic rings. The Balaban J connectivity index is 2.31. The molecule has 1 heterocycles. The zero-order valence-corrected chi connectivity index (χ0v) is 11.9. The van der Waals surface area contributed by atoms with Gasteiger partial charge in [0.1, 0.15) is 5.75 Å². The highest BCUT2D eigenvalue weighted by Crippen LogP contribution is 2.17. The fourth-order valence-electron chi connectivity index (χ4n) is 1.83. The standard InChI is InChI=1S/C15H16N2O4/c1-3-20-13-7-5-12(6-8-13)17-9-11(10-18)14(16-17)15(19)21-4-2/h5-10H,3-4H2,1-2H3. The van der Waals surface area contributed by atoms with Crippen molar-refractivity contribution in [1.82, 2.24) is 9.78 Å². The van der Waals surface area contributed by atoms with E-state index in [1.54, 1.807) is 31.2 Å². The van der Waals surface area contributed by atoms with E-state index in [4.69, 9.17) is 9.47 Å². The molecular weight excluding hydrogens is 272 g/mol. The molecule has 1 aromatic carbocycles. The third kappa shape index (κ3) is 3.28. The molecule has 0 atom stereocenters. The number of nitrogens with zero attached hydrogens (tertiary/aromatic N) is 2. The fraction of sp³-hybridized carbons (Fsp3) is 0.267. The number of aromatic nitrogens is 2. The first-order chi connectivity index (χ1) is 10.2. The van der Waals surface area contributed by atoms with Gasteiger partial charge < -0.3 is 9.47 Å². The topological polar surface area (TPSA) is 70.4 Å². The van der Waals surface area contributed by atoms with Gasteiger partial charge in [0.15, 0.2) is 12.0 Å². The van der Waals surface area contributed by atoms with Crippen molar-refractivity contribution < 1.29 is 19.1 Å². The summed E-state index contributed by atoms with van der Waals surface area (Å²) >= 11 is 0. The van der Waals surface area contributed by atoms with Gasteiger partial charge in [0.25, 0.3) is 0 Å². The summed E-state index contributed by atoms with van der Waals surface area (Å²) in [6.07, 6.45) is 2.08. The molecule has 1 aromatic heterocycles. The first-order valence-electron chi connectivity index (χ1n) is 6.64. The highest BCUT2D eigenvalue weighted by atomic mass is 16.5. The molecule has 0 bridgehead atoms. The Bertz CT molecular complexity index is 632. The lowest BCUT2D eigenvalue weighted by molar-refractivity contribution is 0.0517. The minimum Gasteiger partial charge on any atom is -0.494 e. The molecule has 6 nitrogen and oxygen atoms in total. The Morgan fingerprint density at radius 3 is 2.52 bits per heavy atom. The third-order valence-corrected chi connectivity index (χ3v) is 2.75. The summed E-state index contributed by atoms with van der Waals surface area (Å²) in [4.78, 5) is 22.8. The summed E-state index contributed by atoms with van der Waals surface area (Å²) in [7, 11) is 0. The molecule has 2 rings (SSSR count). The first kappa shape index (κ1) is 14.8. The fourth-order valence-corrected chi connectivity index (χ4v) is 1.83. The molecule has 0 amide bonds. The van der Waals surface area contributed by atoms with Crippen molar-refractivity contribution in [1.29, 1.82) is 0 Å². The van der Waals surface area contributed by atoms with Crippen LogP contribution in [0.2, 0.25) is 0 Å². The Morgan fingerprint density at radius 2 is 1.95 bits per heavy atom. The lowest BCUT2D eigenvalue weighted by atomic mass is 10.3. The molecule has 21 heavy (non-hydrogen) atoms. The lowest BCUT2D eigenvalue weighted by Gasteiger charge is -2.04. The number of hydrogen-bond donors (Lipinski definition) is 0. The maximum atomic E-state index is 11.7. The van der Waals surface area contributed by atoms with Crippen LogP contribution in [0.3, 0.4) is 0 Å². The Morgan fingerprint density at radius 1 is 1.24 bits per heavy atom. The second-order valence-electron chi connectivity index (χ2n) is 4.14. The van der Waals surface area contributed by atoms with Gasteiger partial charge in [-0.2, -0.15) is 5.10 Å². The van der Waals surface area contributed by atoms with Crippen molar-refractivity contribution in [2.24, 2.45) is 0 Å². The van der Waals surface area contributed by atoms with Crippen molar-refractivity contribution in [3.8, 4) is 11.4 Å². The number of carbonyl (C=O) groups is 2. The van der Waals surface area contributed by atoms with E-state index in [1.165, 1.54) is 10.9 Å². The first-order valence-corrected chi connectivity index (χ1v) is 6.64. The van der Waals surface area contributed by atoms with Crippen molar-refractivity contribution in [2.75, 3.05) is 13.2 Å². The van der Waals surface area contributed by atoms with Gasteiger partial charge in [-0.15, -0.1) is 0 Å². The number of esters is 1. The van der Waals surface area contributed by atoms with E-state index in [0.717, 1.165) is 11.4 Å². The van der Waals surface area contributed by atoms with Crippen LogP contribution in [0.1, 0.15) is 34.7 Å². The van der Waals surface area contributed by atoms with Crippen molar-refractivity contribution >= 4 is 12.3 Å². The second kappa shape index (κ2) is 6.69. The molecule has 0 spiro atoms. The quantitative estimate of drug-likeness (QED) is 0.602. The number of hydrogen-bond acceptors (Lipinski definition) is 5. The van der Waals surface area contributed by atoms with Crippen LogP contribution in [0.25, 0.3) is 5.69 Å². The summed E-state index contributed by atoms with van der Waals surface area (Å²) in [5.41, 5.74) is 0.931. The predicted octanol–water partition coefficient (Wildman–Crippen LogP) is 2.26. The summed E-state index contributed by atoms with van der Waals surface area (Å²) < 4.78 is 11.7. The molecule has 0 aliphatic carbocycles. The van der Waals surface area contributed by atoms with E-state index in [0.29, 0.717) is 12.9 Å². The molecule has 0 unspecified atom stereocenters. The number of carbonyl (C=O) groups excluding carboxylic acids is 2. The molecule has 0 saturated heterocycles. The predicted molar refractivity (Wildman–Crippen MR) is 76.1 cm³/mol. The van der Waals surface area contributed by atoms with E-state index >= 15 is 0 Å². The van der Waals surface area contributed by atoms with E-state index < -0.39 is 5.97 Å². The van der Waals surface area contributed by atoms with Crippen molar-refractivity contribution in [2.45, 2.75) is 13.8 Å². The molecule has 0 N–H and O–H groups in total. The SMILES string of the molecule is CCOC(=O)c1nn(-c2ccc(OCC)cc2)cc1C=O. The maximum Gasteiger partial charge on any atom is 0.359 e. The monoisotopic (exact) mass is 288 g/mol. The molecule has 0 radical (unpaired) electrons. The zero-order valence-electron chi connectivity index (χ0n) is 11.9. The minimum absolute atomic E-state index is 0.0146. The van der Waals surface area contributed by atoms with Crippen molar-refractivity contribution in [3.05, 3.63) is 41.7 Å². The van der Waals surface area contributed by atoms with Gasteiger partial charge in [-0.25, -0.2) is 9.48 Å². The van der Waals surface area contributed by atoms with Gasteiger partial charge in [0, 0.05) is 6.20 Å². The molecular formula is C15H16N2O4. The van der Waals surface area contributed by atoms with Crippen LogP contribution in [-0.4, -0.2) is 35.2 Å². The van der Waals surface area contributed by atoms with Gasteiger partial charge >= 0.3 is 5.97 Å². The maximum absolute atomic E-state index is 11.7.